The van der Waals surface area contributed by atoms with Gasteiger partial charge in [-0.25, -0.2) is 0 Å². The summed E-state index contributed by atoms with van der Waals surface area (Å²) in [5.74, 6) is 0.787. The zero-order valence-corrected chi connectivity index (χ0v) is 7.40. The van der Waals surface area contributed by atoms with Crippen molar-refractivity contribution < 1.29 is 0 Å². The lowest BCUT2D eigenvalue weighted by Gasteiger charge is -2.31. The number of nitrogens with one attached hydrogen (secondary N) is 1. The van der Waals surface area contributed by atoms with Crippen molar-refractivity contribution in [1.82, 2.24) is 10.3 Å². The standard InChI is InChI=1S/C11H12N2/c1-2-8(6-12-3-1)9-4-10-7-13-11(10)5-9/h1-4,6,10-11,13H,5,7H2/t10-,11-/m1/s1. The molecule has 1 N–H and O–H groups in total. The molecule has 0 spiro atoms. The number of nitrogens with zero attached hydrogens (tertiary/aromatic N) is 1. The number of rotatable bonds is 1. The predicted octanol–water partition coefficient (Wildman–Crippen LogP) is 1.46. The highest BCUT2D eigenvalue weighted by Gasteiger charge is 2.34. The topological polar surface area (TPSA) is 24.9 Å². The molecule has 66 valence electrons. The number of hydrogen-bond acceptors (Lipinski definition) is 2. The molecular weight excluding hydrogens is 160 g/mol. The summed E-state index contributed by atoms with van der Waals surface area (Å²) in [5.41, 5.74) is 2.76. The minimum Gasteiger partial charge on any atom is -0.312 e. The lowest BCUT2D eigenvalue weighted by molar-refractivity contribution is 0.306. The van der Waals surface area contributed by atoms with Crippen LogP contribution in [0.2, 0.25) is 0 Å². The van der Waals surface area contributed by atoms with Gasteiger partial charge in [0, 0.05) is 30.9 Å². The summed E-state index contributed by atoms with van der Waals surface area (Å²) in [7, 11) is 0. The summed E-state index contributed by atoms with van der Waals surface area (Å²) in [5, 5.41) is 3.43. The monoisotopic (exact) mass is 172 g/mol. The highest BCUT2D eigenvalue weighted by Crippen LogP contribution is 2.35. The van der Waals surface area contributed by atoms with Gasteiger partial charge in [0.25, 0.3) is 0 Å². The van der Waals surface area contributed by atoms with Crippen molar-refractivity contribution in [2.45, 2.75) is 12.5 Å². The van der Waals surface area contributed by atoms with Crippen molar-refractivity contribution in [2.24, 2.45) is 5.92 Å². The first-order valence-electron chi connectivity index (χ1n) is 4.78. The van der Waals surface area contributed by atoms with Gasteiger partial charge in [-0.1, -0.05) is 12.1 Å². The fraction of sp³-hybridized carbons (Fsp3) is 0.364. The maximum absolute atomic E-state index is 4.14. The van der Waals surface area contributed by atoms with Gasteiger partial charge in [-0.3, -0.25) is 4.98 Å². The quantitative estimate of drug-likeness (QED) is 0.693. The van der Waals surface area contributed by atoms with Gasteiger partial charge in [0.2, 0.25) is 0 Å². The maximum atomic E-state index is 4.14. The van der Waals surface area contributed by atoms with E-state index in [1.807, 2.05) is 18.5 Å². The van der Waals surface area contributed by atoms with E-state index in [0.717, 1.165) is 18.5 Å². The minimum atomic E-state index is 0.718. The Kier molecular flexibility index (Phi) is 1.49. The average Bonchev–Trinajstić information content (AvgIpc) is 2.45. The highest BCUT2D eigenvalue weighted by atomic mass is 15.0. The van der Waals surface area contributed by atoms with Crippen LogP contribution in [0, 0.1) is 5.92 Å². The first kappa shape index (κ1) is 7.27. The molecule has 0 amide bonds. The number of pyridine rings is 1. The molecule has 1 aromatic heterocycles. The van der Waals surface area contributed by atoms with E-state index in [9.17, 15) is 0 Å². The third-order valence-corrected chi connectivity index (χ3v) is 3.02. The SMILES string of the molecule is C1=C(c2cccnc2)C[C@H]2NC[C@@H]12. The van der Waals surface area contributed by atoms with Crippen molar-refractivity contribution in [3.63, 3.8) is 0 Å². The molecule has 0 aromatic carbocycles. The molecule has 2 nitrogen and oxygen atoms in total. The van der Waals surface area contributed by atoms with E-state index < -0.39 is 0 Å². The van der Waals surface area contributed by atoms with Crippen LogP contribution in [0.15, 0.2) is 30.6 Å². The zero-order chi connectivity index (χ0) is 8.67. The van der Waals surface area contributed by atoms with Gasteiger partial charge in [0.15, 0.2) is 0 Å². The lowest BCUT2D eigenvalue weighted by Crippen LogP contribution is -2.49. The molecule has 2 aliphatic rings. The molecule has 0 unspecified atom stereocenters. The summed E-state index contributed by atoms with van der Waals surface area (Å²) in [6.45, 7) is 1.16. The van der Waals surface area contributed by atoms with E-state index in [2.05, 4.69) is 22.4 Å². The highest BCUT2D eigenvalue weighted by molar-refractivity contribution is 5.68. The Morgan fingerprint density at radius 2 is 2.46 bits per heavy atom. The lowest BCUT2D eigenvalue weighted by atomic mass is 9.95. The van der Waals surface area contributed by atoms with Crippen molar-refractivity contribution in [1.29, 1.82) is 0 Å². The van der Waals surface area contributed by atoms with Gasteiger partial charge in [-0.05, 0) is 23.6 Å². The fourth-order valence-corrected chi connectivity index (χ4v) is 2.15. The molecule has 13 heavy (non-hydrogen) atoms. The first-order chi connectivity index (χ1) is 6.43. The van der Waals surface area contributed by atoms with Crippen LogP contribution in [0.1, 0.15) is 12.0 Å². The van der Waals surface area contributed by atoms with Gasteiger partial charge in [0.1, 0.15) is 0 Å². The number of hydrogen-bond donors (Lipinski definition) is 1. The van der Waals surface area contributed by atoms with Crippen molar-refractivity contribution in [3.8, 4) is 0 Å². The molecule has 1 aromatic rings. The van der Waals surface area contributed by atoms with E-state index in [4.69, 9.17) is 0 Å². The molecule has 1 saturated heterocycles. The normalized spacial score (nSPS) is 30.6. The second-order valence-corrected chi connectivity index (χ2v) is 3.82. The number of fused-ring (bicyclic) bond motifs is 1. The van der Waals surface area contributed by atoms with Crippen LogP contribution >= 0.6 is 0 Å². The number of aromatic nitrogens is 1. The molecule has 0 radical (unpaired) electrons. The smallest absolute Gasteiger partial charge is 0.0342 e. The summed E-state index contributed by atoms with van der Waals surface area (Å²) in [6, 6.07) is 4.86. The van der Waals surface area contributed by atoms with E-state index >= 15 is 0 Å². The van der Waals surface area contributed by atoms with E-state index in [0.29, 0.717) is 0 Å². The van der Waals surface area contributed by atoms with Gasteiger partial charge >= 0.3 is 0 Å². The van der Waals surface area contributed by atoms with Crippen LogP contribution < -0.4 is 5.32 Å². The Morgan fingerprint density at radius 3 is 3.00 bits per heavy atom. The van der Waals surface area contributed by atoms with Crippen LogP contribution in [0.4, 0.5) is 0 Å². The summed E-state index contributed by atoms with van der Waals surface area (Å²) >= 11 is 0. The van der Waals surface area contributed by atoms with Crippen LogP contribution in [0.3, 0.4) is 0 Å². The first-order valence-corrected chi connectivity index (χ1v) is 4.78. The molecule has 2 atom stereocenters. The third kappa shape index (κ3) is 1.10. The summed E-state index contributed by atoms with van der Waals surface area (Å²) in [6.07, 6.45) is 7.36. The Hall–Kier alpha value is -1.15. The largest absolute Gasteiger partial charge is 0.312 e. The van der Waals surface area contributed by atoms with Crippen molar-refractivity contribution >= 4 is 5.57 Å². The van der Waals surface area contributed by atoms with E-state index in [-0.39, 0.29) is 0 Å². The predicted molar refractivity (Wildman–Crippen MR) is 52.1 cm³/mol. The molecule has 2 heteroatoms. The van der Waals surface area contributed by atoms with E-state index in [1.165, 1.54) is 17.6 Å². The van der Waals surface area contributed by atoms with Crippen molar-refractivity contribution in [3.05, 3.63) is 36.2 Å². The van der Waals surface area contributed by atoms with Crippen LogP contribution in [0.25, 0.3) is 5.57 Å². The van der Waals surface area contributed by atoms with Gasteiger partial charge in [0.05, 0.1) is 0 Å². The molecule has 1 aliphatic carbocycles. The molecular formula is C11H12N2. The molecule has 1 fully saturated rings. The average molecular weight is 172 g/mol. The Labute approximate surface area is 77.7 Å². The Morgan fingerprint density at radius 1 is 1.46 bits per heavy atom. The van der Waals surface area contributed by atoms with Crippen LogP contribution in [-0.4, -0.2) is 17.6 Å². The molecule has 1 aliphatic heterocycles. The van der Waals surface area contributed by atoms with E-state index in [1.54, 1.807) is 0 Å². The Balaban J connectivity index is 1.91. The second kappa shape index (κ2) is 2.67. The van der Waals surface area contributed by atoms with Gasteiger partial charge < -0.3 is 5.32 Å². The zero-order valence-electron chi connectivity index (χ0n) is 7.40. The maximum Gasteiger partial charge on any atom is 0.0342 e. The Bertz CT molecular complexity index is 342. The summed E-state index contributed by atoms with van der Waals surface area (Å²) < 4.78 is 0. The third-order valence-electron chi connectivity index (χ3n) is 3.02. The van der Waals surface area contributed by atoms with Crippen molar-refractivity contribution in [2.75, 3.05) is 6.54 Å². The van der Waals surface area contributed by atoms with Gasteiger partial charge in [-0.2, -0.15) is 0 Å². The van der Waals surface area contributed by atoms with Crippen LogP contribution in [0.5, 0.6) is 0 Å². The molecule has 2 heterocycles. The summed E-state index contributed by atoms with van der Waals surface area (Å²) in [4.78, 5) is 4.14. The molecule has 3 rings (SSSR count). The van der Waals surface area contributed by atoms with Crippen LogP contribution in [-0.2, 0) is 0 Å². The molecule has 0 bridgehead atoms. The molecule has 0 saturated carbocycles. The van der Waals surface area contributed by atoms with Gasteiger partial charge in [-0.15, -0.1) is 0 Å². The fourth-order valence-electron chi connectivity index (χ4n) is 2.15. The second-order valence-electron chi connectivity index (χ2n) is 3.82. The minimum absolute atomic E-state index is 0.718.